The third-order valence-electron chi connectivity index (χ3n) is 1.97. The van der Waals surface area contributed by atoms with Crippen molar-refractivity contribution >= 4 is 11.4 Å². The number of anilines is 2. The highest BCUT2D eigenvalue weighted by atomic mass is 16.2. The Hall–Kier alpha value is -1.32. The van der Waals surface area contributed by atoms with E-state index in [9.17, 15) is 9.59 Å². The van der Waals surface area contributed by atoms with Crippen LogP contribution in [0.25, 0.3) is 0 Å². The maximum atomic E-state index is 10.9. The van der Waals surface area contributed by atoms with Crippen molar-refractivity contribution in [3.8, 4) is 0 Å². The molecule has 3 N–H and O–H groups in total. The molecule has 4 nitrogen and oxygen atoms in total. The monoisotopic (exact) mass is 182 g/mol. The van der Waals surface area contributed by atoms with E-state index in [1.165, 1.54) is 0 Å². The van der Waals surface area contributed by atoms with Gasteiger partial charge in [-0.3, -0.25) is 9.59 Å². The van der Waals surface area contributed by atoms with Gasteiger partial charge in [0.05, 0.1) is 0 Å². The van der Waals surface area contributed by atoms with E-state index in [1.807, 2.05) is 0 Å². The van der Waals surface area contributed by atoms with E-state index in [1.54, 1.807) is 0 Å². The molecule has 0 saturated carbocycles. The predicted molar refractivity (Wildman–Crippen MR) is 53.7 cm³/mol. The van der Waals surface area contributed by atoms with Crippen LogP contribution in [0.5, 0.6) is 0 Å². The van der Waals surface area contributed by atoms with Crippen molar-refractivity contribution in [3.63, 3.8) is 0 Å². The highest BCUT2D eigenvalue weighted by Crippen LogP contribution is 2.09. The lowest BCUT2D eigenvalue weighted by atomic mass is 10.1. The van der Waals surface area contributed by atoms with Gasteiger partial charge < -0.3 is 11.1 Å². The van der Waals surface area contributed by atoms with Crippen LogP contribution in [0.15, 0.2) is 9.59 Å². The standard InChI is InChI=1S/C9H14N2O2/c1-5(2)3-4-11-7-6(10)8(12)9(7)13/h5,11H,3-4,10H2,1-2H3. The summed E-state index contributed by atoms with van der Waals surface area (Å²) in [5, 5.41) is 2.86. The predicted octanol–water partition coefficient (Wildman–Crippen LogP) is 0.323. The number of nitrogen functional groups attached to an aromatic ring is 1. The molecular weight excluding hydrogens is 168 g/mol. The summed E-state index contributed by atoms with van der Waals surface area (Å²) < 4.78 is 0. The SMILES string of the molecule is CC(C)CCNc1c(N)c(=O)c1=O. The molecule has 4 heteroatoms. The molecule has 0 aliphatic carbocycles. The zero-order chi connectivity index (χ0) is 10.0. The van der Waals surface area contributed by atoms with Crippen molar-refractivity contribution in [3.05, 3.63) is 20.4 Å². The van der Waals surface area contributed by atoms with Crippen LogP contribution in [-0.2, 0) is 0 Å². The molecule has 1 aromatic rings. The van der Waals surface area contributed by atoms with Crippen molar-refractivity contribution in [2.24, 2.45) is 5.92 Å². The summed E-state index contributed by atoms with van der Waals surface area (Å²) in [6.07, 6.45) is 0.957. The quantitative estimate of drug-likeness (QED) is 0.658. The fraction of sp³-hybridized carbons (Fsp3) is 0.556. The van der Waals surface area contributed by atoms with E-state index in [0.717, 1.165) is 6.42 Å². The van der Waals surface area contributed by atoms with E-state index in [4.69, 9.17) is 5.73 Å². The fourth-order valence-corrected chi connectivity index (χ4v) is 1.07. The van der Waals surface area contributed by atoms with Gasteiger partial charge in [0.1, 0.15) is 11.4 Å². The van der Waals surface area contributed by atoms with E-state index >= 15 is 0 Å². The Morgan fingerprint density at radius 3 is 2.38 bits per heavy atom. The van der Waals surface area contributed by atoms with Crippen molar-refractivity contribution in [2.45, 2.75) is 20.3 Å². The summed E-state index contributed by atoms with van der Waals surface area (Å²) in [4.78, 5) is 21.6. The topological polar surface area (TPSA) is 72.2 Å². The molecule has 0 saturated heterocycles. The van der Waals surface area contributed by atoms with Gasteiger partial charge in [-0.2, -0.15) is 0 Å². The number of hydrogen-bond acceptors (Lipinski definition) is 4. The van der Waals surface area contributed by atoms with Crippen LogP contribution in [0, 0.1) is 5.92 Å². The van der Waals surface area contributed by atoms with Gasteiger partial charge in [0.15, 0.2) is 0 Å². The Morgan fingerprint density at radius 2 is 1.92 bits per heavy atom. The second-order valence-electron chi connectivity index (χ2n) is 3.56. The average Bonchev–Trinajstić information content (AvgIpc) is 2.10. The average molecular weight is 182 g/mol. The molecule has 13 heavy (non-hydrogen) atoms. The van der Waals surface area contributed by atoms with Crippen molar-refractivity contribution < 1.29 is 0 Å². The van der Waals surface area contributed by atoms with Gasteiger partial charge >= 0.3 is 0 Å². The Bertz CT molecular complexity index is 361. The lowest BCUT2D eigenvalue weighted by Crippen LogP contribution is -2.37. The van der Waals surface area contributed by atoms with Crippen LogP contribution >= 0.6 is 0 Å². The molecule has 0 spiro atoms. The minimum atomic E-state index is -0.563. The molecule has 1 aromatic carbocycles. The Morgan fingerprint density at radius 1 is 1.31 bits per heavy atom. The summed E-state index contributed by atoms with van der Waals surface area (Å²) in [5.41, 5.74) is 4.65. The molecule has 0 aliphatic rings. The molecule has 0 atom stereocenters. The normalized spacial score (nSPS) is 11.0. The zero-order valence-electron chi connectivity index (χ0n) is 7.89. The zero-order valence-corrected chi connectivity index (χ0v) is 7.89. The van der Waals surface area contributed by atoms with Crippen LogP contribution in [-0.4, -0.2) is 6.54 Å². The van der Waals surface area contributed by atoms with Gasteiger partial charge in [0.2, 0.25) is 0 Å². The second-order valence-corrected chi connectivity index (χ2v) is 3.56. The van der Waals surface area contributed by atoms with Crippen LogP contribution in [0.1, 0.15) is 20.3 Å². The molecule has 0 fully saturated rings. The van der Waals surface area contributed by atoms with E-state index in [-0.39, 0.29) is 5.69 Å². The summed E-state index contributed by atoms with van der Waals surface area (Å²) in [5.74, 6) is 0.570. The smallest absolute Gasteiger partial charge is 0.253 e. The van der Waals surface area contributed by atoms with Crippen molar-refractivity contribution in [1.29, 1.82) is 0 Å². The van der Waals surface area contributed by atoms with Crippen molar-refractivity contribution in [2.75, 3.05) is 17.6 Å². The fourth-order valence-electron chi connectivity index (χ4n) is 1.07. The number of nitrogens with one attached hydrogen (secondary N) is 1. The second kappa shape index (κ2) is 3.60. The molecule has 1 rings (SSSR count). The molecule has 0 unspecified atom stereocenters. The molecule has 0 bridgehead atoms. The van der Waals surface area contributed by atoms with E-state index in [2.05, 4.69) is 19.2 Å². The number of nitrogens with two attached hydrogens (primary N) is 1. The van der Waals surface area contributed by atoms with Gasteiger partial charge in [-0.1, -0.05) is 13.8 Å². The Kier molecular flexibility index (Phi) is 2.70. The first kappa shape index (κ1) is 9.77. The molecule has 0 heterocycles. The minimum Gasteiger partial charge on any atom is -0.394 e. The largest absolute Gasteiger partial charge is 0.394 e. The molecule has 0 radical (unpaired) electrons. The molecule has 72 valence electrons. The number of hydrogen-bond donors (Lipinski definition) is 2. The van der Waals surface area contributed by atoms with Gasteiger partial charge in [-0.05, 0) is 12.3 Å². The lowest BCUT2D eigenvalue weighted by Gasteiger charge is -2.10. The first-order valence-corrected chi connectivity index (χ1v) is 4.36. The summed E-state index contributed by atoms with van der Waals surface area (Å²) in [6, 6.07) is 0. The minimum absolute atomic E-state index is 0.0776. The van der Waals surface area contributed by atoms with Crippen LogP contribution in [0.2, 0.25) is 0 Å². The summed E-state index contributed by atoms with van der Waals surface area (Å²) in [6.45, 7) is 4.87. The van der Waals surface area contributed by atoms with E-state index < -0.39 is 10.9 Å². The van der Waals surface area contributed by atoms with Crippen LogP contribution in [0.4, 0.5) is 11.4 Å². The Labute approximate surface area is 76.4 Å². The van der Waals surface area contributed by atoms with Gasteiger partial charge in [-0.25, -0.2) is 0 Å². The summed E-state index contributed by atoms with van der Waals surface area (Å²) in [7, 11) is 0. The number of rotatable bonds is 4. The first-order valence-electron chi connectivity index (χ1n) is 4.36. The maximum Gasteiger partial charge on any atom is 0.253 e. The first-order chi connectivity index (χ1) is 6.04. The van der Waals surface area contributed by atoms with Crippen LogP contribution < -0.4 is 21.9 Å². The van der Waals surface area contributed by atoms with Crippen LogP contribution in [0.3, 0.4) is 0 Å². The Balaban J connectivity index is 2.48. The van der Waals surface area contributed by atoms with Gasteiger partial charge in [-0.15, -0.1) is 0 Å². The van der Waals surface area contributed by atoms with Crippen molar-refractivity contribution in [1.82, 2.24) is 0 Å². The van der Waals surface area contributed by atoms with Gasteiger partial charge in [0, 0.05) is 6.54 Å². The molecule has 0 aromatic heterocycles. The third-order valence-corrected chi connectivity index (χ3v) is 1.97. The maximum absolute atomic E-state index is 10.9. The summed E-state index contributed by atoms with van der Waals surface area (Å²) >= 11 is 0. The van der Waals surface area contributed by atoms with Gasteiger partial charge in [0.25, 0.3) is 10.9 Å². The highest BCUT2D eigenvalue weighted by Gasteiger charge is 2.16. The third kappa shape index (κ3) is 1.88. The molecule has 0 amide bonds. The molecule has 0 aliphatic heterocycles. The van der Waals surface area contributed by atoms with E-state index in [0.29, 0.717) is 18.2 Å². The highest BCUT2D eigenvalue weighted by molar-refractivity contribution is 5.71. The molecular formula is C9H14N2O2. The lowest BCUT2D eigenvalue weighted by molar-refractivity contribution is 0.607.